The van der Waals surface area contributed by atoms with Gasteiger partial charge in [0.15, 0.2) is 17.3 Å². The monoisotopic (exact) mass is 897 g/mol. The lowest BCUT2D eigenvalue weighted by Gasteiger charge is -2.30. The topological polar surface area (TPSA) is 308 Å². The van der Waals surface area contributed by atoms with E-state index in [0.29, 0.717) is 36.1 Å². The molecule has 0 saturated heterocycles. The molecule has 19 nitrogen and oxygen atoms in total. The van der Waals surface area contributed by atoms with Crippen LogP contribution in [0.4, 0.5) is 5.82 Å². The van der Waals surface area contributed by atoms with Gasteiger partial charge in [-0.15, -0.1) is 0 Å². The molecule has 3 atom stereocenters. The van der Waals surface area contributed by atoms with E-state index in [9.17, 15) is 39.3 Å². The van der Waals surface area contributed by atoms with E-state index in [2.05, 4.69) is 25.9 Å². The van der Waals surface area contributed by atoms with Crippen LogP contribution in [-0.2, 0) is 31.0 Å². The van der Waals surface area contributed by atoms with Crippen LogP contribution in [0.2, 0.25) is 0 Å². The molecule has 0 radical (unpaired) electrons. The van der Waals surface area contributed by atoms with Crippen LogP contribution in [-0.4, -0.2) is 112 Å². The number of amides is 4. The highest BCUT2D eigenvalue weighted by molar-refractivity contribution is 6.02. The van der Waals surface area contributed by atoms with E-state index >= 15 is 0 Å². The zero-order chi connectivity index (χ0) is 47.9. The summed E-state index contributed by atoms with van der Waals surface area (Å²) in [4.78, 5) is 77.9. The molecule has 4 amide bonds. The number of aliphatic carboxylic acids is 1. The van der Waals surface area contributed by atoms with Crippen molar-refractivity contribution in [3.63, 3.8) is 0 Å². The van der Waals surface area contributed by atoms with Gasteiger partial charge in [-0.2, -0.15) is 0 Å². The van der Waals surface area contributed by atoms with Crippen LogP contribution in [0.5, 0.6) is 23.0 Å². The Balaban J connectivity index is 1.55. The lowest BCUT2D eigenvalue weighted by molar-refractivity contribution is -0.142. The number of rotatable bonds is 14. The maximum absolute atomic E-state index is 14.4. The number of nitrogens with one attached hydrogen (secondary N) is 3. The first kappa shape index (κ1) is 49.0. The molecule has 19 heteroatoms. The number of likely N-dealkylation sites (N-methyl/N-ethyl adjacent to an activating group) is 1. The van der Waals surface area contributed by atoms with Crippen molar-refractivity contribution in [3.05, 3.63) is 76.0 Å². The first-order chi connectivity index (χ1) is 30.7. The zero-order valence-corrected chi connectivity index (χ0v) is 37.7. The van der Waals surface area contributed by atoms with Crippen LogP contribution in [0, 0.1) is 13.8 Å². The minimum Gasteiger partial charge on any atom is -0.507 e. The fraction of sp³-hybridized carbons (Fsp3) is 0.413. The molecule has 1 aliphatic heterocycles. The van der Waals surface area contributed by atoms with E-state index in [1.165, 1.54) is 33.0 Å². The second-order valence-electron chi connectivity index (χ2n) is 17.0. The molecule has 4 aromatic rings. The second kappa shape index (κ2) is 20.7. The maximum Gasteiger partial charge on any atom is 0.326 e. The van der Waals surface area contributed by atoms with Crippen LogP contribution in [0.3, 0.4) is 0 Å². The lowest BCUT2D eigenvalue weighted by Crippen LogP contribution is -2.53. The minimum absolute atomic E-state index is 0.0550. The smallest absolute Gasteiger partial charge is 0.326 e. The summed E-state index contributed by atoms with van der Waals surface area (Å²) in [6.07, 6.45) is 0.718. The fourth-order valence-electron chi connectivity index (χ4n) is 7.31. The Morgan fingerprint density at radius 3 is 2.17 bits per heavy atom. The summed E-state index contributed by atoms with van der Waals surface area (Å²) in [6.45, 7) is 11.0. The Hall–Kier alpha value is -6.99. The second-order valence-corrected chi connectivity index (χ2v) is 17.0. The molecule has 348 valence electrons. The van der Waals surface area contributed by atoms with E-state index in [1.807, 2.05) is 26.8 Å². The predicted molar refractivity (Wildman–Crippen MR) is 242 cm³/mol. The van der Waals surface area contributed by atoms with Crippen molar-refractivity contribution in [2.45, 2.75) is 84.3 Å². The highest BCUT2D eigenvalue weighted by Crippen LogP contribution is 2.45. The molecule has 1 aromatic heterocycles. The fourth-order valence-corrected chi connectivity index (χ4v) is 7.31. The third-order valence-corrected chi connectivity index (χ3v) is 10.9. The molecule has 65 heavy (non-hydrogen) atoms. The maximum atomic E-state index is 14.4. The molecular weight excluding hydrogens is 839 g/mol. The molecule has 0 unspecified atom stereocenters. The number of nitrogens with zero attached hydrogens (tertiary/aromatic N) is 3. The zero-order valence-electron chi connectivity index (χ0n) is 37.7. The molecule has 0 spiro atoms. The van der Waals surface area contributed by atoms with Crippen molar-refractivity contribution in [2.24, 2.45) is 11.5 Å². The van der Waals surface area contributed by atoms with Crippen molar-refractivity contribution < 1.29 is 48.8 Å². The van der Waals surface area contributed by atoms with Gasteiger partial charge in [0.05, 0.1) is 31.0 Å². The van der Waals surface area contributed by atoms with Gasteiger partial charge in [0.25, 0.3) is 5.91 Å². The summed E-state index contributed by atoms with van der Waals surface area (Å²) >= 11 is 0. The summed E-state index contributed by atoms with van der Waals surface area (Å²) in [6, 6.07) is 7.00. The number of phenolic OH excluding ortho intramolecular Hbond substituents is 2. The molecular formula is C46H59N9O10. The van der Waals surface area contributed by atoms with E-state index in [0.717, 1.165) is 10.5 Å². The summed E-state index contributed by atoms with van der Waals surface area (Å²) in [5.74, 6) is -4.87. The standard InChI is InChI=1S/C46H59N9O10/c1-23-16-28(46(4,5)6)21-32(56)36(23)41-51-24(2)37(40(49)54-41)43(60)50-22-35(57)55(7)38-27-19-30(39(58)34(20-27)65-15-9-13-48)29-17-26(10-11-33(29)64-14-8-12-47)18-31(45(62)63)53-42(59)25(3)52-44(38)61/h10-11,16-17,19-21,25,31,38,56,58H,8-9,12-15,18,22,47-48H2,1-7H3,(H,50,60)(H,52,61)(H,53,59)(H,62,63)(H2,49,51,54)/t25-,31-,38-/m0/s1. The third-order valence-electron chi connectivity index (χ3n) is 10.9. The van der Waals surface area contributed by atoms with Crippen molar-refractivity contribution in [1.29, 1.82) is 0 Å². The summed E-state index contributed by atoms with van der Waals surface area (Å²) in [5, 5.41) is 40.5. The van der Waals surface area contributed by atoms with Gasteiger partial charge >= 0.3 is 5.97 Å². The Labute approximate surface area is 377 Å². The number of benzene rings is 3. The molecule has 0 fully saturated rings. The molecule has 3 aromatic carbocycles. The number of ether oxygens (including phenoxy) is 2. The Kier molecular flexibility index (Phi) is 15.6. The van der Waals surface area contributed by atoms with Crippen LogP contribution < -0.4 is 42.6 Å². The van der Waals surface area contributed by atoms with Crippen LogP contribution in [0.15, 0.2) is 42.5 Å². The number of anilines is 1. The number of carboxylic acid groups (broad SMARTS) is 1. The summed E-state index contributed by atoms with van der Waals surface area (Å²) < 4.78 is 12.1. The van der Waals surface area contributed by atoms with Crippen LogP contribution >= 0.6 is 0 Å². The Morgan fingerprint density at radius 1 is 0.908 bits per heavy atom. The Bertz CT molecular complexity index is 2420. The molecule has 0 aliphatic carbocycles. The number of carboxylic acids is 1. The van der Waals surface area contributed by atoms with Gasteiger partial charge in [0, 0.05) is 24.6 Å². The van der Waals surface area contributed by atoms with Gasteiger partial charge in [-0.25, -0.2) is 14.8 Å². The van der Waals surface area contributed by atoms with Crippen molar-refractivity contribution >= 4 is 35.4 Å². The van der Waals surface area contributed by atoms with E-state index in [-0.39, 0.29) is 94.2 Å². The van der Waals surface area contributed by atoms with Crippen molar-refractivity contribution in [1.82, 2.24) is 30.8 Å². The van der Waals surface area contributed by atoms with Crippen LogP contribution in [0.25, 0.3) is 22.5 Å². The van der Waals surface area contributed by atoms with Crippen molar-refractivity contribution in [2.75, 3.05) is 45.6 Å². The number of nitrogens with two attached hydrogens (primary N) is 3. The highest BCUT2D eigenvalue weighted by atomic mass is 16.5. The molecule has 12 N–H and O–H groups in total. The summed E-state index contributed by atoms with van der Waals surface area (Å²) in [5.41, 5.74) is 20.5. The number of nitrogen functional groups attached to an aromatic ring is 1. The van der Waals surface area contributed by atoms with Gasteiger partial charge in [-0.05, 0) is 105 Å². The first-order valence-corrected chi connectivity index (χ1v) is 21.2. The van der Waals surface area contributed by atoms with Gasteiger partial charge in [-0.3, -0.25) is 19.2 Å². The van der Waals surface area contributed by atoms with Crippen molar-refractivity contribution in [3.8, 4) is 45.5 Å². The van der Waals surface area contributed by atoms with Gasteiger partial charge in [0.2, 0.25) is 17.7 Å². The summed E-state index contributed by atoms with van der Waals surface area (Å²) in [7, 11) is 1.31. The van der Waals surface area contributed by atoms with Gasteiger partial charge in [0.1, 0.15) is 41.0 Å². The average Bonchev–Trinajstić information content (AvgIpc) is 3.22. The molecule has 0 saturated carbocycles. The first-order valence-electron chi connectivity index (χ1n) is 21.2. The van der Waals surface area contributed by atoms with Gasteiger partial charge in [-0.1, -0.05) is 32.9 Å². The number of phenols is 2. The predicted octanol–water partition coefficient (Wildman–Crippen LogP) is 2.73. The Morgan fingerprint density at radius 2 is 1.57 bits per heavy atom. The van der Waals surface area contributed by atoms with E-state index in [1.54, 1.807) is 31.2 Å². The normalized spacial score (nSPS) is 16.4. The molecule has 5 rings (SSSR count). The molecule has 4 bridgehead atoms. The number of fused-ring (bicyclic) bond motifs is 5. The average molecular weight is 898 g/mol. The number of carbonyl (C=O) groups is 5. The number of aromatic hydroxyl groups is 2. The molecule has 2 heterocycles. The van der Waals surface area contributed by atoms with E-state index < -0.39 is 54.3 Å². The number of aryl methyl sites for hydroxylation is 2. The largest absolute Gasteiger partial charge is 0.507 e. The number of hydrogen-bond donors (Lipinski definition) is 9. The van der Waals surface area contributed by atoms with Gasteiger partial charge < -0.3 is 62.8 Å². The minimum atomic E-state index is -1.54. The number of carbonyl (C=O) groups excluding carboxylic acids is 4. The molecule has 1 aliphatic rings. The highest BCUT2D eigenvalue weighted by Gasteiger charge is 2.35. The lowest BCUT2D eigenvalue weighted by atomic mass is 9.85. The van der Waals surface area contributed by atoms with Crippen LogP contribution in [0.1, 0.15) is 84.9 Å². The SMILES string of the molecule is Cc1cc(C(C)(C)C)cc(O)c1-c1nc(C)c(C(=O)NCC(=O)N(C)[C@@H]2C(=O)N[C@@H](C)C(=O)N[C@H](C(=O)O)Cc3ccc(OCCCN)c(c3)-c3cc2cc(OCCCN)c3O)c(N)n1. The number of hydrogen-bond acceptors (Lipinski definition) is 14. The third kappa shape index (κ3) is 11.4. The quantitative estimate of drug-likeness (QED) is 0.0822. The number of aromatic nitrogens is 2. The van der Waals surface area contributed by atoms with E-state index in [4.69, 9.17) is 26.7 Å².